The molecule has 0 bridgehead atoms. The Hall–Kier alpha value is -1.21. The fourth-order valence-electron chi connectivity index (χ4n) is 2.33. The van der Waals surface area contributed by atoms with Gasteiger partial charge in [-0.2, -0.15) is 0 Å². The first-order valence-corrected chi connectivity index (χ1v) is 6.53. The molecule has 2 amide bonds. The zero-order chi connectivity index (χ0) is 12.1. The second-order valence-electron chi connectivity index (χ2n) is 4.62. The van der Waals surface area contributed by atoms with E-state index >= 15 is 0 Å². The molecule has 0 N–H and O–H groups in total. The Morgan fingerprint density at radius 2 is 1.65 bits per heavy atom. The molecule has 2 aliphatic rings. The van der Waals surface area contributed by atoms with Crippen LogP contribution in [0.15, 0.2) is 0 Å². The van der Waals surface area contributed by atoms with Gasteiger partial charge in [0.15, 0.2) is 0 Å². The van der Waals surface area contributed by atoms with Crippen molar-refractivity contribution in [3.63, 3.8) is 0 Å². The van der Waals surface area contributed by atoms with Crippen LogP contribution < -0.4 is 0 Å². The monoisotopic (exact) mass is 235 g/mol. The van der Waals surface area contributed by atoms with Gasteiger partial charge >= 0.3 is 6.03 Å². The van der Waals surface area contributed by atoms with E-state index in [-0.39, 0.29) is 6.03 Å². The minimum Gasteiger partial charge on any atom is -0.323 e. The largest absolute Gasteiger partial charge is 0.323 e. The average Bonchev–Trinajstić information content (AvgIpc) is 2.95. The molecule has 94 valence electrons. The summed E-state index contributed by atoms with van der Waals surface area (Å²) in [7, 11) is 0. The summed E-state index contributed by atoms with van der Waals surface area (Å²) in [5.74, 6) is 6.29. The SMILES string of the molecule is CCN1CCN(CC#CCN2CCCC2)C1=O. The zero-order valence-corrected chi connectivity index (χ0v) is 10.6. The first-order valence-electron chi connectivity index (χ1n) is 6.53. The third kappa shape index (κ3) is 3.13. The minimum atomic E-state index is 0.142. The van der Waals surface area contributed by atoms with Gasteiger partial charge in [0, 0.05) is 19.6 Å². The van der Waals surface area contributed by atoms with Gasteiger partial charge in [-0.3, -0.25) is 4.90 Å². The first kappa shape index (κ1) is 12.3. The zero-order valence-electron chi connectivity index (χ0n) is 10.6. The van der Waals surface area contributed by atoms with Gasteiger partial charge in [-0.25, -0.2) is 4.79 Å². The number of hydrogen-bond acceptors (Lipinski definition) is 2. The summed E-state index contributed by atoms with van der Waals surface area (Å²) in [6.45, 7) is 8.30. The van der Waals surface area contributed by atoms with E-state index in [9.17, 15) is 4.79 Å². The molecule has 2 saturated heterocycles. The number of likely N-dealkylation sites (N-methyl/N-ethyl adjacent to an activating group) is 1. The lowest BCUT2D eigenvalue weighted by atomic mass is 10.4. The van der Waals surface area contributed by atoms with Crippen LogP contribution in [0.2, 0.25) is 0 Å². The van der Waals surface area contributed by atoms with Gasteiger partial charge < -0.3 is 9.80 Å². The van der Waals surface area contributed by atoms with Gasteiger partial charge in [0.05, 0.1) is 13.1 Å². The molecule has 0 aromatic heterocycles. The second-order valence-corrected chi connectivity index (χ2v) is 4.62. The third-order valence-corrected chi connectivity index (χ3v) is 3.46. The van der Waals surface area contributed by atoms with Gasteiger partial charge in [-0.1, -0.05) is 11.8 Å². The molecular weight excluding hydrogens is 214 g/mol. The highest BCUT2D eigenvalue weighted by Gasteiger charge is 2.25. The average molecular weight is 235 g/mol. The van der Waals surface area contributed by atoms with Crippen LogP contribution in [-0.4, -0.2) is 66.5 Å². The highest BCUT2D eigenvalue weighted by molar-refractivity contribution is 5.76. The Balaban J connectivity index is 1.71. The molecule has 0 spiro atoms. The van der Waals surface area contributed by atoms with E-state index in [1.165, 1.54) is 25.9 Å². The van der Waals surface area contributed by atoms with Gasteiger partial charge in [-0.05, 0) is 32.9 Å². The molecule has 0 aromatic carbocycles. The fourth-order valence-corrected chi connectivity index (χ4v) is 2.33. The van der Waals surface area contributed by atoms with Crippen molar-refractivity contribution in [3.8, 4) is 11.8 Å². The maximum Gasteiger partial charge on any atom is 0.320 e. The number of nitrogens with zero attached hydrogens (tertiary/aromatic N) is 3. The van der Waals surface area contributed by atoms with Gasteiger partial charge in [0.2, 0.25) is 0 Å². The van der Waals surface area contributed by atoms with E-state index in [1.54, 1.807) is 0 Å². The lowest BCUT2D eigenvalue weighted by Crippen LogP contribution is -2.32. The maximum atomic E-state index is 11.8. The number of rotatable bonds is 3. The summed E-state index contributed by atoms with van der Waals surface area (Å²) in [6, 6.07) is 0.142. The molecule has 17 heavy (non-hydrogen) atoms. The number of urea groups is 1. The van der Waals surface area contributed by atoms with Crippen molar-refractivity contribution in [1.82, 2.24) is 14.7 Å². The van der Waals surface area contributed by atoms with Crippen LogP contribution in [0.5, 0.6) is 0 Å². The number of likely N-dealkylation sites (tertiary alicyclic amines) is 1. The molecule has 0 atom stereocenters. The second kappa shape index (κ2) is 5.92. The Bertz CT molecular complexity index is 325. The van der Waals surface area contributed by atoms with Crippen LogP contribution in [0, 0.1) is 11.8 Å². The lowest BCUT2D eigenvalue weighted by Gasteiger charge is -2.14. The summed E-state index contributed by atoms with van der Waals surface area (Å²) in [5, 5.41) is 0. The fraction of sp³-hybridized carbons (Fsp3) is 0.769. The van der Waals surface area contributed by atoms with Crippen molar-refractivity contribution in [1.29, 1.82) is 0 Å². The van der Waals surface area contributed by atoms with Gasteiger partial charge in [0.1, 0.15) is 0 Å². The Kier molecular flexibility index (Phi) is 4.27. The maximum absolute atomic E-state index is 11.8. The Morgan fingerprint density at radius 3 is 2.29 bits per heavy atom. The van der Waals surface area contributed by atoms with Crippen LogP contribution in [0.1, 0.15) is 19.8 Å². The molecule has 0 aromatic rings. The van der Waals surface area contributed by atoms with Crippen LogP contribution in [0.3, 0.4) is 0 Å². The molecule has 0 unspecified atom stereocenters. The van der Waals surface area contributed by atoms with Crippen LogP contribution in [0.25, 0.3) is 0 Å². The van der Waals surface area contributed by atoms with Crippen molar-refractivity contribution in [2.75, 3.05) is 45.8 Å². The predicted molar refractivity (Wildman–Crippen MR) is 67.7 cm³/mol. The number of amides is 2. The highest BCUT2D eigenvalue weighted by atomic mass is 16.2. The predicted octanol–water partition coefficient (Wildman–Crippen LogP) is 0.843. The molecule has 0 radical (unpaired) electrons. The number of carbonyl (C=O) groups excluding carboxylic acids is 1. The van der Waals surface area contributed by atoms with Crippen molar-refractivity contribution in [2.45, 2.75) is 19.8 Å². The molecule has 0 aliphatic carbocycles. The topological polar surface area (TPSA) is 26.8 Å². The Morgan fingerprint density at radius 1 is 1.00 bits per heavy atom. The molecule has 2 fully saturated rings. The minimum absolute atomic E-state index is 0.142. The summed E-state index contributed by atoms with van der Waals surface area (Å²) in [5.41, 5.74) is 0. The lowest BCUT2D eigenvalue weighted by molar-refractivity contribution is 0.197. The van der Waals surface area contributed by atoms with Crippen LogP contribution in [-0.2, 0) is 0 Å². The summed E-state index contributed by atoms with van der Waals surface area (Å²) in [4.78, 5) is 17.8. The summed E-state index contributed by atoms with van der Waals surface area (Å²) >= 11 is 0. The number of hydrogen-bond donors (Lipinski definition) is 0. The standard InChI is InChI=1S/C13H21N3O/c1-2-15-11-12-16(13(15)17)10-6-5-9-14-7-3-4-8-14/h2-4,7-12H2,1H3. The molecule has 0 saturated carbocycles. The normalized spacial score (nSPS) is 20.9. The van der Waals surface area contributed by atoms with Gasteiger partial charge in [0.25, 0.3) is 0 Å². The summed E-state index contributed by atoms with van der Waals surface area (Å²) in [6.07, 6.45) is 2.61. The first-order chi connectivity index (χ1) is 8.31. The number of carbonyl (C=O) groups is 1. The van der Waals surface area contributed by atoms with Crippen molar-refractivity contribution >= 4 is 6.03 Å². The molecule has 2 heterocycles. The van der Waals surface area contributed by atoms with E-state index in [1.807, 2.05) is 16.7 Å². The highest BCUT2D eigenvalue weighted by Crippen LogP contribution is 2.07. The molecular formula is C13H21N3O. The molecule has 4 nitrogen and oxygen atoms in total. The molecule has 2 rings (SSSR count). The van der Waals surface area contributed by atoms with E-state index < -0.39 is 0 Å². The van der Waals surface area contributed by atoms with Crippen molar-refractivity contribution in [2.24, 2.45) is 0 Å². The van der Waals surface area contributed by atoms with E-state index in [4.69, 9.17) is 0 Å². The quantitative estimate of drug-likeness (QED) is 0.678. The summed E-state index contributed by atoms with van der Waals surface area (Å²) < 4.78 is 0. The Labute approximate surface area is 104 Å². The van der Waals surface area contributed by atoms with Crippen LogP contribution >= 0.6 is 0 Å². The van der Waals surface area contributed by atoms with Gasteiger partial charge in [-0.15, -0.1) is 0 Å². The molecule has 4 heteroatoms. The van der Waals surface area contributed by atoms with Crippen molar-refractivity contribution in [3.05, 3.63) is 0 Å². The van der Waals surface area contributed by atoms with E-state index in [0.29, 0.717) is 6.54 Å². The van der Waals surface area contributed by atoms with E-state index in [0.717, 1.165) is 26.2 Å². The smallest absolute Gasteiger partial charge is 0.320 e. The third-order valence-electron chi connectivity index (χ3n) is 3.46. The molecule has 2 aliphatic heterocycles. The van der Waals surface area contributed by atoms with E-state index in [2.05, 4.69) is 16.7 Å². The van der Waals surface area contributed by atoms with Crippen molar-refractivity contribution < 1.29 is 4.79 Å². The van der Waals surface area contributed by atoms with Crippen LogP contribution in [0.4, 0.5) is 4.79 Å².